The summed E-state index contributed by atoms with van der Waals surface area (Å²) in [6.45, 7) is 6.12. The van der Waals surface area contributed by atoms with Crippen molar-refractivity contribution < 1.29 is 18.5 Å². The molecule has 0 saturated carbocycles. The summed E-state index contributed by atoms with van der Waals surface area (Å²) in [6, 6.07) is 1.82. The van der Waals surface area contributed by atoms with Gasteiger partial charge in [-0.3, -0.25) is 9.98 Å². The molecule has 0 bridgehead atoms. The minimum atomic E-state index is -0.472. The van der Waals surface area contributed by atoms with E-state index >= 15 is 0 Å². The van der Waals surface area contributed by atoms with E-state index in [2.05, 4.69) is 16.7 Å². The van der Waals surface area contributed by atoms with Crippen LogP contribution in [0.2, 0.25) is 5.02 Å². The maximum Gasteiger partial charge on any atom is 0.356 e. The second-order valence-corrected chi connectivity index (χ2v) is 9.24. The average Bonchev–Trinajstić information content (AvgIpc) is 3.17. The Morgan fingerprint density at radius 2 is 2.21 bits per heavy atom. The zero-order valence-electron chi connectivity index (χ0n) is 18.4. The van der Waals surface area contributed by atoms with Gasteiger partial charge in [0.15, 0.2) is 11.0 Å². The highest BCUT2D eigenvalue weighted by atomic mass is 35.5. The number of rotatable bonds is 8. The average molecular weight is 506 g/mol. The molecule has 172 valence electrons. The molecule has 2 aromatic heterocycles. The van der Waals surface area contributed by atoms with Gasteiger partial charge < -0.3 is 9.15 Å². The van der Waals surface area contributed by atoms with Gasteiger partial charge in [0, 0.05) is 41.2 Å². The first-order valence-electron chi connectivity index (χ1n) is 9.93. The summed E-state index contributed by atoms with van der Waals surface area (Å²) in [5, 5.41) is 2.60. The van der Waals surface area contributed by atoms with Gasteiger partial charge in [-0.25, -0.2) is 14.4 Å². The fraction of sp³-hybridized carbons (Fsp3) is 0.261. The Labute approximate surface area is 206 Å². The summed E-state index contributed by atoms with van der Waals surface area (Å²) in [5.74, 6) is -0.124. The molecular weight excluding hydrogens is 483 g/mol. The zero-order chi connectivity index (χ0) is 24.0. The van der Waals surface area contributed by atoms with E-state index in [1.807, 2.05) is 25.3 Å². The Hall–Kier alpha value is -2.68. The third-order valence-electron chi connectivity index (χ3n) is 4.50. The highest BCUT2D eigenvalue weighted by molar-refractivity contribution is 8.02. The lowest BCUT2D eigenvalue weighted by Crippen LogP contribution is -2.19. The predicted octanol–water partition coefficient (Wildman–Crippen LogP) is 5.00. The minimum Gasteiger partial charge on any atom is -0.464 e. The van der Waals surface area contributed by atoms with Gasteiger partial charge in [0.25, 0.3) is 0 Å². The number of nitrogens with zero attached hydrogens (tertiary/aromatic N) is 4. The Kier molecular flexibility index (Phi) is 8.66. The molecule has 3 heterocycles. The van der Waals surface area contributed by atoms with Crippen LogP contribution in [0.4, 0.5) is 0 Å². The molecule has 33 heavy (non-hydrogen) atoms. The summed E-state index contributed by atoms with van der Waals surface area (Å²) in [4.78, 5) is 25.0. The van der Waals surface area contributed by atoms with E-state index < -0.39 is 5.97 Å². The van der Waals surface area contributed by atoms with Gasteiger partial charge in [-0.2, -0.15) is 0 Å². The van der Waals surface area contributed by atoms with Crippen LogP contribution >= 0.6 is 35.0 Å². The van der Waals surface area contributed by atoms with Gasteiger partial charge >= 0.3 is 5.97 Å². The number of thioether (sulfide) groups is 1. The van der Waals surface area contributed by atoms with Crippen molar-refractivity contribution >= 4 is 53.4 Å². The van der Waals surface area contributed by atoms with Gasteiger partial charge in [0.2, 0.25) is 5.03 Å². The lowest BCUT2D eigenvalue weighted by Gasteiger charge is -2.13. The number of halogens is 2. The molecule has 3 rings (SSSR count). The molecule has 0 N–H and O–H groups in total. The smallest absolute Gasteiger partial charge is 0.356 e. The number of pyridine rings is 1. The van der Waals surface area contributed by atoms with Crippen LogP contribution in [-0.2, 0) is 16.0 Å². The van der Waals surface area contributed by atoms with Crippen LogP contribution in [0.15, 0.2) is 67.3 Å². The number of ether oxygens (including phenoxy) is 1. The van der Waals surface area contributed by atoms with Gasteiger partial charge in [0.1, 0.15) is 25.2 Å². The molecular formula is C23H23Cl2N4O3S+. The number of esters is 1. The Morgan fingerprint density at radius 1 is 1.42 bits per heavy atom. The van der Waals surface area contributed by atoms with E-state index in [9.17, 15) is 4.79 Å². The third-order valence-corrected chi connectivity index (χ3v) is 5.97. The van der Waals surface area contributed by atoms with E-state index in [0.29, 0.717) is 39.7 Å². The van der Waals surface area contributed by atoms with Crippen LogP contribution in [0, 0.1) is 0 Å². The van der Waals surface area contributed by atoms with Gasteiger partial charge in [-0.15, -0.1) is 0 Å². The second kappa shape index (κ2) is 11.4. The van der Waals surface area contributed by atoms with Crippen LogP contribution < -0.4 is 0 Å². The number of hydrogen-bond donors (Lipinski definition) is 0. The number of aromatic nitrogens is 2. The van der Waals surface area contributed by atoms with E-state index in [0.717, 1.165) is 10.6 Å². The van der Waals surface area contributed by atoms with Crippen molar-refractivity contribution in [2.45, 2.75) is 24.4 Å². The topological polar surface area (TPSA) is 80.6 Å². The zero-order valence-corrected chi connectivity index (χ0v) is 20.7. The standard InChI is InChI=1S/C23H23Cl2N4O3S/c1-14(24)5-8-20(29(2)3)33-23-21(16-6-7-18(27-12-16)22(30)31-4)28-19(32-23)10-15-9-17(25)13-26-11-15/h5-9,11,13,16H,2,10,12H2,1,3-4H3/q+1. The second-order valence-electron chi connectivity index (χ2n) is 7.21. The fourth-order valence-electron chi connectivity index (χ4n) is 2.92. The highest BCUT2D eigenvalue weighted by Crippen LogP contribution is 2.36. The Morgan fingerprint density at radius 3 is 2.82 bits per heavy atom. The molecule has 0 spiro atoms. The lowest BCUT2D eigenvalue weighted by atomic mass is 10.0. The van der Waals surface area contributed by atoms with Crippen LogP contribution in [0.1, 0.15) is 30.0 Å². The van der Waals surface area contributed by atoms with E-state index in [1.165, 1.54) is 18.9 Å². The number of dihydropyridines is 1. The number of hydrogen-bond acceptors (Lipinski definition) is 7. The molecule has 10 heteroatoms. The number of carbonyl (C=O) groups is 1. The van der Waals surface area contributed by atoms with Crippen molar-refractivity contribution in [3.05, 3.63) is 75.0 Å². The van der Waals surface area contributed by atoms with Crippen molar-refractivity contribution in [2.24, 2.45) is 4.99 Å². The Bertz CT molecular complexity index is 1180. The first kappa shape index (κ1) is 25.0. The van der Waals surface area contributed by atoms with E-state index in [4.69, 9.17) is 37.3 Å². The molecule has 0 amide bonds. The van der Waals surface area contributed by atoms with Crippen molar-refractivity contribution in [2.75, 3.05) is 20.7 Å². The number of oxazole rings is 1. The first-order chi connectivity index (χ1) is 15.8. The molecule has 0 saturated heterocycles. The number of allylic oxidation sites excluding steroid dienone is 3. The van der Waals surface area contributed by atoms with E-state index in [-0.39, 0.29) is 11.6 Å². The maximum absolute atomic E-state index is 11.8. The minimum absolute atomic E-state index is 0.169. The number of methoxy groups -OCH3 is 1. The van der Waals surface area contributed by atoms with Crippen molar-refractivity contribution in [3.63, 3.8) is 0 Å². The molecule has 1 atom stereocenters. The number of aliphatic imine (C=N–C) groups is 1. The highest BCUT2D eigenvalue weighted by Gasteiger charge is 2.26. The molecule has 0 aliphatic carbocycles. The summed E-state index contributed by atoms with van der Waals surface area (Å²) in [6.07, 6.45) is 10.9. The number of carbonyl (C=O) groups excluding carboxylic acids is 1. The summed E-state index contributed by atoms with van der Waals surface area (Å²) < 4.78 is 12.6. The molecule has 0 radical (unpaired) electrons. The predicted molar refractivity (Wildman–Crippen MR) is 132 cm³/mol. The molecule has 0 aromatic carbocycles. The van der Waals surface area contributed by atoms with Crippen LogP contribution in [0.25, 0.3) is 0 Å². The van der Waals surface area contributed by atoms with E-state index in [1.54, 1.807) is 36.0 Å². The molecule has 1 aliphatic rings. The van der Waals surface area contributed by atoms with Crippen molar-refractivity contribution in [1.29, 1.82) is 0 Å². The molecule has 7 nitrogen and oxygen atoms in total. The van der Waals surface area contributed by atoms with Gasteiger partial charge in [-0.05, 0) is 30.7 Å². The van der Waals surface area contributed by atoms with Crippen LogP contribution in [0.3, 0.4) is 0 Å². The summed E-state index contributed by atoms with van der Waals surface area (Å²) >= 11 is 13.4. The molecule has 1 aliphatic heterocycles. The molecule has 0 fully saturated rings. The SMILES string of the molecule is C=[N+](C)C(=CC=C(C)Cl)Sc1oc(Cc2cncc(Cl)c2)nc1C1C=CC(C(=O)OC)=NC1. The van der Waals surface area contributed by atoms with Crippen molar-refractivity contribution in [1.82, 2.24) is 9.97 Å². The van der Waals surface area contributed by atoms with Crippen LogP contribution in [0.5, 0.6) is 0 Å². The monoisotopic (exact) mass is 505 g/mol. The quantitative estimate of drug-likeness (QED) is 0.165. The van der Waals surface area contributed by atoms with Gasteiger partial charge in [0.05, 0.1) is 25.1 Å². The first-order valence-corrected chi connectivity index (χ1v) is 11.5. The summed E-state index contributed by atoms with van der Waals surface area (Å²) in [5.41, 5.74) is 1.87. The normalized spacial score (nSPS) is 16.5. The summed E-state index contributed by atoms with van der Waals surface area (Å²) in [7, 11) is 3.16. The largest absolute Gasteiger partial charge is 0.464 e. The Balaban J connectivity index is 1.95. The fourth-order valence-corrected chi connectivity index (χ4v) is 4.11. The lowest BCUT2D eigenvalue weighted by molar-refractivity contribution is -0.419. The third kappa shape index (κ3) is 6.90. The molecule has 2 aromatic rings. The molecule has 1 unspecified atom stereocenters. The van der Waals surface area contributed by atoms with Crippen LogP contribution in [-0.4, -0.2) is 53.6 Å². The van der Waals surface area contributed by atoms with Crippen molar-refractivity contribution in [3.8, 4) is 0 Å². The van der Waals surface area contributed by atoms with Gasteiger partial charge in [-0.1, -0.05) is 29.3 Å². The maximum atomic E-state index is 11.8.